The second-order valence-electron chi connectivity index (χ2n) is 6.60. The van der Waals surface area contributed by atoms with Crippen LogP contribution < -0.4 is 0 Å². The van der Waals surface area contributed by atoms with Crippen LogP contribution in [0.4, 0.5) is 13.2 Å². The zero-order chi connectivity index (χ0) is 17.8. The van der Waals surface area contributed by atoms with Gasteiger partial charge in [0.1, 0.15) is 0 Å². The van der Waals surface area contributed by atoms with E-state index in [0.717, 1.165) is 37.6 Å². The first-order valence-corrected chi connectivity index (χ1v) is 9.35. The summed E-state index contributed by atoms with van der Waals surface area (Å²) in [7, 11) is 0. The lowest BCUT2D eigenvalue weighted by molar-refractivity contribution is -0.137. The Hall–Kier alpha value is -1.03. The molecule has 1 aromatic carbocycles. The predicted octanol–water partition coefficient (Wildman–Crippen LogP) is 6.67. The normalized spacial score (nSPS) is 12.1. The maximum Gasteiger partial charge on any atom is 0.416 e. The Kier molecular flexibility index (Phi) is 10.1. The van der Waals surface area contributed by atoms with Gasteiger partial charge in [-0.3, -0.25) is 4.90 Å². The van der Waals surface area contributed by atoms with Gasteiger partial charge in [0.05, 0.1) is 5.56 Å². The Bertz CT molecular complexity index is 431. The molecule has 0 amide bonds. The fraction of sp³-hybridized carbons (Fsp3) is 0.700. The maximum absolute atomic E-state index is 12.9. The van der Waals surface area contributed by atoms with Crippen LogP contribution in [0.1, 0.15) is 76.3 Å². The van der Waals surface area contributed by atoms with Crippen molar-refractivity contribution in [1.82, 2.24) is 4.90 Å². The lowest BCUT2D eigenvalue weighted by Gasteiger charge is -2.23. The van der Waals surface area contributed by atoms with Crippen molar-refractivity contribution in [3.05, 3.63) is 35.4 Å². The van der Waals surface area contributed by atoms with Gasteiger partial charge in [-0.25, -0.2) is 0 Å². The highest BCUT2D eigenvalue weighted by Gasteiger charge is 2.30. The average molecular weight is 343 g/mol. The number of hydrogen-bond donors (Lipinski definition) is 0. The zero-order valence-electron chi connectivity index (χ0n) is 15.2. The number of unbranched alkanes of at least 4 members (excludes halogenated alkanes) is 6. The fourth-order valence-electron chi connectivity index (χ4n) is 2.90. The number of halogens is 3. The molecule has 0 saturated heterocycles. The molecule has 1 nitrogen and oxygen atoms in total. The van der Waals surface area contributed by atoms with Crippen LogP contribution in [-0.4, -0.2) is 18.0 Å². The smallest absolute Gasteiger partial charge is 0.299 e. The molecule has 0 aliphatic heterocycles. The number of hydrogen-bond acceptors (Lipinski definition) is 1. The minimum atomic E-state index is -4.26. The lowest BCUT2D eigenvalue weighted by atomic mass is 10.1. The third kappa shape index (κ3) is 8.72. The van der Waals surface area contributed by atoms with Gasteiger partial charge in [0.25, 0.3) is 0 Å². The van der Waals surface area contributed by atoms with Crippen LogP contribution in [-0.2, 0) is 12.7 Å². The van der Waals surface area contributed by atoms with Gasteiger partial charge in [0.15, 0.2) is 0 Å². The van der Waals surface area contributed by atoms with Gasteiger partial charge in [-0.2, -0.15) is 13.2 Å². The summed E-state index contributed by atoms with van der Waals surface area (Å²) in [6.07, 6.45) is 5.24. The molecule has 0 saturated carbocycles. The standard InChI is InChI=1S/C20H32F3N/c1-3-5-7-9-14-24(15-10-8-6-4-2)17-18-12-11-13-19(16-18)20(21,22)23/h11-13,16H,3-10,14-15,17H2,1-2H3. The molecule has 4 heteroatoms. The fourth-order valence-corrected chi connectivity index (χ4v) is 2.90. The van der Waals surface area contributed by atoms with E-state index < -0.39 is 11.7 Å². The molecule has 0 atom stereocenters. The molecule has 0 fully saturated rings. The summed E-state index contributed by atoms with van der Waals surface area (Å²) in [5.74, 6) is 0. The molecule has 0 unspecified atom stereocenters. The number of nitrogens with zero attached hydrogens (tertiary/aromatic N) is 1. The van der Waals surface area contributed by atoms with Crippen molar-refractivity contribution in [3.8, 4) is 0 Å². The van der Waals surface area contributed by atoms with E-state index in [4.69, 9.17) is 0 Å². The van der Waals surface area contributed by atoms with Crippen molar-refractivity contribution >= 4 is 0 Å². The van der Waals surface area contributed by atoms with Gasteiger partial charge in [-0.1, -0.05) is 70.6 Å². The van der Waals surface area contributed by atoms with Gasteiger partial charge in [-0.15, -0.1) is 0 Å². The Labute approximate surface area is 145 Å². The Morgan fingerprint density at radius 2 is 1.42 bits per heavy atom. The van der Waals surface area contributed by atoms with Gasteiger partial charge in [-0.05, 0) is 37.6 Å². The summed E-state index contributed by atoms with van der Waals surface area (Å²) in [6.45, 7) is 6.93. The quantitative estimate of drug-likeness (QED) is 0.383. The van der Waals surface area contributed by atoms with Crippen LogP contribution >= 0.6 is 0 Å². The SMILES string of the molecule is CCCCCCN(CCCCCC)Cc1cccc(C(F)(F)F)c1. The summed E-state index contributed by atoms with van der Waals surface area (Å²) < 4.78 is 38.6. The Morgan fingerprint density at radius 1 is 0.833 bits per heavy atom. The average Bonchev–Trinajstić information content (AvgIpc) is 2.54. The number of benzene rings is 1. The summed E-state index contributed by atoms with van der Waals surface area (Å²) in [5, 5.41) is 0. The second kappa shape index (κ2) is 11.5. The van der Waals surface area contributed by atoms with Crippen molar-refractivity contribution in [3.63, 3.8) is 0 Å². The van der Waals surface area contributed by atoms with E-state index in [0.29, 0.717) is 6.54 Å². The zero-order valence-corrected chi connectivity index (χ0v) is 15.2. The van der Waals surface area contributed by atoms with Crippen LogP contribution in [0.15, 0.2) is 24.3 Å². The Balaban J connectivity index is 2.61. The topological polar surface area (TPSA) is 3.24 Å². The molecule has 0 aromatic heterocycles. The largest absolute Gasteiger partial charge is 0.416 e. The first kappa shape index (κ1) is 21.0. The van der Waals surface area contributed by atoms with E-state index >= 15 is 0 Å². The molecule has 0 aliphatic rings. The third-order valence-corrected chi connectivity index (χ3v) is 4.32. The molecule has 138 valence electrons. The predicted molar refractivity (Wildman–Crippen MR) is 95.0 cm³/mol. The van der Waals surface area contributed by atoms with Crippen molar-refractivity contribution in [1.29, 1.82) is 0 Å². The minimum Gasteiger partial charge on any atom is -0.299 e. The molecule has 0 spiro atoms. The van der Waals surface area contributed by atoms with Crippen molar-refractivity contribution in [2.45, 2.75) is 77.9 Å². The molecule has 24 heavy (non-hydrogen) atoms. The Morgan fingerprint density at radius 3 is 1.92 bits per heavy atom. The molecule has 0 radical (unpaired) electrons. The maximum atomic E-state index is 12.9. The summed E-state index contributed by atoms with van der Waals surface area (Å²) in [4.78, 5) is 2.32. The molecule has 1 rings (SSSR count). The number of alkyl halides is 3. The van der Waals surface area contributed by atoms with E-state index in [1.165, 1.54) is 50.7 Å². The van der Waals surface area contributed by atoms with Crippen molar-refractivity contribution in [2.75, 3.05) is 13.1 Å². The van der Waals surface area contributed by atoms with E-state index in [-0.39, 0.29) is 0 Å². The third-order valence-electron chi connectivity index (χ3n) is 4.32. The van der Waals surface area contributed by atoms with Crippen LogP contribution in [0.2, 0.25) is 0 Å². The van der Waals surface area contributed by atoms with Crippen molar-refractivity contribution in [2.24, 2.45) is 0 Å². The van der Waals surface area contributed by atoms with Crippen LogP contribution in [0.25, 0.3) is 0 Å². The molecule has 0 N–H and O–H groups in total. The van der Waals surface area contributed by atoms with Gasteiger partial charge >= 0.3 is 6.18 Å². The van der Waals surface area contributed by atoms with E-state index in [1.54, 1.807) is 6.07 Å². The van der Waals surface area contributed by atoms with E-state index in [9.17, 15) is 13.2 Å². The number of rotatable bonds is 12. The van der Waals surface area contributed by atoms with E-state index in [1.807, 2.05) is 0 Å². The minimum absolute atomic E-state index is 0.545. The van der Waals surface area contributed by atoms with Gasteiger partial charge in [0, 0.05) is 6.54 Å². The summed E-state index contributed by atoms with van der Waals surface area (Å²) in [6, 6.07) is 5.77. The van der Waals surface area contributed by atoms with E-state index in [2.05, 4.69) is 18.7 Å². The molecule has 1 aromatic rings. The van der Waals surface area contributed by atoms with Crippen LogP contribution in [0.3, 0.4) is 0 Å². The summed E-state index contributed by atoms with van der Waals surface area (Å²) in [5.41, 5.74) is 0.215. The highest BCUT2D eigenvalue weighted by molar-refractivity contribution is 5.25. The molecule has 0 heterocycles. The van der Waals surface area contributed by atoms with Crippen LogP contribution in [0, 0.1) is 0 Å². The monoisotopic (exact) mass is 343 g/mol. The molecule has 0 bridgehead atoms. The highest BCUT2D eigenvalue weighted by atomic mass is 19.4. The summed E-state index contributed by atoms with van der Waals surface area (Å²) >= 11 is 0. The van der Waals surface area contributed by atoms with Crippen molar-refractivity contribution < 1.29 is 13.2 Å². The second-order valence-corrected chi connectivity index (χ2v) is 6.60. The lowest BCUT2D eigenvalue weighted by Crippen LogP contribution is -2.26. The van der Waals surface area contributed by atoms with Gasteiger partial charge < -0.3 is 0 Å². The molecular weight excluding hydrogens is 311 g/mol. The first-order valence-electron chi connectivity index (χ1n) is 9.35. The first-order chi connectivity index (χ1) is 11.5. The molecular formula is C20H32F3N. The van der Waals surface area contributed by atoms with Crippen LogP contribution in [0.5, 0.6) is 0 Å². The highest BCUT2D eigenvalue weighted by Crippen LogP contribution is 2.29. The molecule has 0 aliphatic carbocycles. The van der Waals surface area contributed by atoms with Gasteiger partial charge in [0.2, 0.25) is 0 Å².